The first-order valence-electron chi connectivity index (χ1n) is 11.1. The van der Waals surface area contributed by atoms with Crippen LogP contribution in [0.4, 0.5) is 5.69 Å². The highest BCUT2D eigenvalue weighted by Crippen LogP contribution is 2.22. The van der Waals surface area contributed by atoms with Crippen LogP contribution in [0.5, 0.6) is 5.88 Å². The summed E-state index contributed by atoms with van der Waals surface area (Å²) < 4.78 is 34.2. The molecule has 0 saturated carbocycles. The second kappa shape index (κ2) is 10.4. The van der Waals surface area contributed by atoms with Gasteiger partial charge in [-0.25, -0.2) is 18.2 Å². The molecular formula is C24H25N5O5S. The van der Waals surface area contributed by atoms with Crippen molar-refractivity contribution >= 4 is 32.7 Å². The number of imidazole rings is 1. The molecule has 0 atom stereocenters. The van der Waals surface area contributed by atoms with Gasteiger partial charge in [-0.15, -0.1) is 0 Å². The van der Waals surface area contributed by atoms with Crippen LogP contribution < -0.4 is 20.5 Å². The maximum atomic E-state index is 13.0. The third-order valence-corrected chi connectivity index (χ3v) is 6.60. The second-order valence-electron chi connectivity index (χ2n) is 7.79. The molecule has 2 heterocycles. The van der Waals surface area contributed by atoms with Gasteiger partial charge >= 0.3 is 5.69 Å². The van der Waals surface area contributed by atoms with E-state index < -0.39 is 21.6 Å². The molecule has 2 aromatic carbocycles. The average Bonchev–Trinajstić information content (AvgIpc) is 3.23. The zero-order valence-corrected chi connectivity index (χ0v) is 19.8. The van der Waals surface area contributed by atoms with Gasteiger partial charge in [0.05, 0.1) is 33.8 Å². The van der Waals surface area contributed by atoms with Gasteiger partial charge in [-0.05, 0) is 42.8 Å². The van der Waals surface area contributed by atoms with Crippen LogP contribution in [0.3, 0.4) is 0 Å². The molecule has 0 aliphatic rings. The van der Waals surface area contributed by atoms with E-state index in [0.29, 0.717) is 29.1 Å². The molecule has 0 bridgehead atoms. The lowest BCUT2D eigenvalue weighted by molar-refractivity contribution is 0.0951. The second-order valence-corrected chi connectivity index (χ2v) is 9.47. The predicted molar refractivity (Wildman–Crippen MR) is 132 cm³/mol. The Hall–Kier alpha value is -4.12. The third kappa shape index (κ3) is 5.69. The number of amides is 1. The van der Waals surface area contributed by atoms with Crippen molar-refractivity contribution in [2.24, 2.45) is 0 Å². The Morgan fingerprint density at radius 2 is 1.86 bits per heavy atom. The highest BCUT2D eigenvalue weighted by molar-refractivity contribution is 7.92. The minimum absolute atomic E-state index is 0.0558. The number of aromatic nitrogens is 3. The average molecular weight is 496 g/mol. The van der Waals surface area contributed by atoms with Gasteiger partial charge in [0.1, 0.15) is 0 Å². The first kappa shape index (κ1) is 24.0. The fourth-order valence-electron chi connectivity index (χ4n) is 3.43. The van der Waals surface area contributed by atoms with Crippen LogP contribution in [-0.2, 0) is 16.6 Å². The molecule has 2 aromatic heterocycles. The summed E-state index contributed by atoms with van der Waals surface area (Å²) in [7, 11) is -4.03. The van der Waals surface area contributed by atoms with Crippen molar-refractivity contribution < 1.29 is 17.9 Å². The number of H-pyrrole nitrogens is 2. The van der Waals surface area contributed by atoms with Gasteiger partial charge in [0.2, 0.25) is 5.88 Å². The maximum absolute atomic E-state index is 13.0. The van der Waals surface area contributed by atoms with E-state index in [9.17, 15) is 18.0 Å². The zero-order chi connectivity index (χ0) is 24.8. The number of hydrogen-bond acceptors (Lipinski definition) is 6. The number of aromatic amines is 2. The Morgan fingerprint density at radius 3 is 2.69 bits per heavy atom. The molecule has 4 N–H and O–H groups in total. The van der Waals surface area contributed by atoms with Crippen molar-refractivity contribution in [2.75, 3.05) is 11.3 Å². The highest BCUT2D eigenvalue weighted by atomic mass is 32.2. The molecule has 10 nitrogen and oxygen atoms in total. The van der Waals surface area contributed by atoms with Crippen molar-refractivity contribution in [1.29, 1.82) is 0 Å². The summed E-state index contributed by atoms with van der Waals surface area (Å²) in [5.41, 5.74) is 1.41. The molecule has 0 aliphatic heterocycles. The van der Waals surface area contributed by atoms with Crippen LogP contribution >= 0.6 is 0 Å². The van der Waals surface area contributed by atoms with Gasteiger partial charge in [-0.2, -0.15) is 0 Å². The van der Waals surface area contributed by atoms with Gasteiger partial charge in [0, 0.05) is 18.3 Å². The van der Waals surface area contributed by atoms with Crippen LogP contribution in [0, 0.1) is 0 Å². The van der Waals surface area contributed by atoms with E-state index in [1.54, 1.807) is 24.4 Å². The number of ether oxygens (including phenoxy) is 1. The number of carbonyl (C=O) groups is 1. The van der Waals surface area contributed by atoms with Crippen molar-refractivity contribution in [1.82, 2.24) is 20.3 Å². The molecule has 4 aromatic rings. The first-order valence-corrected chi connectivity index (χ1v) is 12.5. The van der Waals surface area contributed by atoms with Crippen molar-refractivity contribution in [3.63, 3.8) is 0 Å². The standard InChI is InChI=1S/C24H25N5O5S/c1-2-3-13-34-23-16(7-6-12-25-23)15-26-22(30)18-8-4-5-9-19(18)29-35(32,33)17-10-11-20-21(14-17)28-24(31)27-20/h4-12,14,29H,2-3,13,15H2,1H3,(H,26,30)(H2,27,28,31). The molecule has 0 saturated heterocycles. The SMILES string of the molecule is CCCCOc1ncccc1CNC(=O)c1ccccc1NS(=O)(=O)c1ccc2[nH]c(=O)[nH]c2c1. The number of fused-ring (bicyclic) bond motifs is 1. The molecule has 1 amide bonds. The number of sulfonamides is 1. The molecule has 0 unspecified atom stereocenters. The summed E-state index contributed by atoms with van der Waals surface area (Å²) in [6, 6.07) is 14.1. The smallest absolute Gasteiger partial charge is 0.323 e. The molecule has 4 rings (SSSR count). The van der Waals surface area contributed by atoms with Crippen LogP contribution in [-0.4, -0.2) is 35.9 Å². The summed E-state index contributed by atoms with van der Waals surface area (Å²) >= 11 is 0. The number of pyridine rings is 1. The summed E-state index contributed by atoms with van der Waals surface area (Å²) in [4.78, 5) is 33.7. The van der Waals surface area contributed by atoms with E-state index in [1.165, 1.54) is 30.3 Å². The van der Waals surface area contributed by atoms with Gasteiger partial charge in [0.15, 0.2) is 0 Å². The number of nitrogens with zero attached hydrogens (tertiary/aromatic N) is 1. The van der Waals surface area contributed by atoms with Crippen LogP contribution in [0.2, 0.25) is 0 Å². The predicted octanol–water partition coefficient (Wildman–Crippen LogP) is 3.16. The molecule has 0 spiro atoms. The lowest BCUT2D eigenvalue weighted by Crippen LogP contribution is -2.25. The first-order chi connectivity index (χ1) is 16.9. The molecule has 35 heavy (non-hydrogen) atoms. The number of anilines is 1. The van der Waals surface area contributed by atoms with Gasteiger partial charge in [0.25, 0.3) is 15.9 Å². The molecule has 0 fully saturated rings. The number of nitrogens with one attached hydrogen (secondary N) is 4. The largest absolute Gasteiger partial charge is 0.477 e. The number of carbonyl (C=O) groups excluding carboxylic acids is 1. The number of hydrogen-bond donors (Lipinski definition) is 4. The fraction of sp³-hybridized carbons (Fsp3) is 0.208. The van der Waals surface area contributed by atoms with Crippen LogP contribution in [0.15, 0.2) is 70.5 Å². The molecule has 11 heteroatoms. The highest BCUT2D eigenvalue weighted by Gasteiger charge is 2.20. The molecule has 182 valence electrons. The Kier molecular flexibility index (Phi) is 7.16. The van der Waals surface area contributed by atoms with Crippen molar-refractivity contribution in [2.45, 2.75) is 31.2 Å². The molecule has 0 aliphatic carbocycles. The maximum Gasteiger partial charge on any atom is 0.323 e. The minimum atomic E-state index is -4.03. The lowest BCUT2D eigenvalue weighted by Gasteiger charge is -2.14. The summed E-state index contributed by atoms with van der Waals surface area (Å²) in [5.74, 6) is -0.00879. The van der Waals surface area contributed by atoms with Gasteiger partial charge < -0.3 is 20.0 Å². The Morgan fingerprint density at radius 1 is 1.06 bits per heavy atom. The van der Waals surface area contributed by atoms with E-state index in [2.05, 4.69) is 31.9 Å². The summed E-state index contributed by atoms with van der Waals surface area (Å²) in [6.07, 6.45) is 3.50. The number of para-hydroxylation sites is 1. The number of unbranched alkanes of at least 4 members (excludes halogenated alkanes) is 1. The fourth-order valence-corrected chi connectivity index (χ4v) is 4.53. The Balaban J connectivity index is 1.51. The molecule has 0 radical (unpaired) electrons. The summed E-state index contributed by atoms with van der Waals surface area (Å²) in [5, 5.41) is 2.80. The van der Waals surface area contributed by atoms with E-state index in [-0.39, 0.29) is 22.7 Å². The van der Waals surface area contributed by atoms with E-state index in [1.807, 2.05) is 6.07 Å². The van der Waals surface area contributed by atoms with Crippen LogP contribution in [0.25, 0.3) is 11.0 Å². The zero-order valence-electron chi connectivity index (χ0n) is 19.0. The monoisotopic (exact) mass is 495 g/mol. The van der Waals surface area contributed by atoms with E-state index in [4.69, 9.17) is 4.74 Å². The molecular weight excluding hydrogens is 470 g/mol. The van der Waals surface area contributed by atoms with E-state index >= 15 is 0 Å². The van der Waals surface area contributed by atoms with Crippen molar-refractivity contribution in [3.05, 3.63) is 82.4 Å². The van der Waals surface area contributed by atoms with Gasteiger partial charge in [-0.3, -0.25) is 9.52 Å². The van der Waals surface area contributed by atoms with Gasteiger partial charge in [-0.1, -0.05) is 31.5 Å². The van der Waals surface area contributed by atoms with Crippen LogP contribution in [0.1, 0.15) is 35.7 Å². The minimum Gasteiger partial charge on any atom is -0.477 e. The number of benzene rings is 2. The Bertz CT molecular complexity index is 1510. The number of rotatable bonds is 10. The summed E-state index contributed by atoms with van der Waals surface area (Å²) in [6.45, 7) is 2.75. The quantitative estimate of drug-likeness (QED) is 0.249. The normalized spacial score (nSPS) is 11.3. The third-order valence-electron chi connectivity index (χ3n) is 5.24. The van der Waals surface area contributed by atoms with Crippen molar-refractivity contribution in [3.8, 4) is 5.88 Å². The Labute approximate surface area is 201 Å². The van der Waals surface area contributed by atoms with E-state index in [0.717, 1.165) is 12.8 Å². The lowest BCUT2D eigenvalue weighted by atomic mass is 10.1. The topological polar surface area (TPSA) is 146 Å².